The van der Waals surface area contributed by atoms with Crippen molar-refractivity contribution >= 4 is 0 Å². The SMILES string of the molecule is CC(C)(CO)COCc1ccccc1. The molecule has 0 bridgehead atoms. The molecule has 0 atom stereocenters. The quantitative estimate of drug-likeness (QED) is 0.778. The smallest absolute Gasteiger partial charge is 0.0717 e. The average Bonchev–Trinajstić information content (AvgIpc) is 2.19. The van der Waals surface area contributed by atoms with Gasteiger partial charge in [0.1, 0.15) is 0 Å². The van der Waals surface area contributed by atoms with Gasteiger partial charge in [0.2, 0.25) is 0 Å². The van der Waals surface area contributed by atoms with Crippen LogP contribution in [0.25, 0.3) is 0 Å². The summed E-state index contributed by atoms with van der Waals surface area (Å²) in [5.74, 6) is 0. The van der Waals surface area contributed by atoms with Gasteiger partial charge < -0.3 is 9.84 Å². The van der Waals surface area contributed by atoms with Gasteiger partial charge in [-0.1, -0.05) is 44.2 Å². The van der Waals surface area contributed by atoms with Crippen molar-refractivity contribution in [1.82, 2.24) is 0 Å². The van der Waals surface area contributed by atoms with E-state index in [2.05, 4.69) is 0 Å². The van der Waals surface area contributed by atoms with Gasteiger partial charge in [0.15, 0.2) is 0 Å². The molecule has 0 heterocycles. The van der Waals surface area contributed by atoms with E-state index < -0.39 is 0 Å². The number of hydrogen-bond acceptors (Lipinski definition) is 2. The predicted molar refractivity (Wildman–Crippen MR) is 57.0 cm³/mol. The fourth-order valence-electron chi connectivity index (χ4n) is 1.07. The van der Waals surface area contributed by atoms with Gasteiger partial charge in [-0.15, -0.1) is 0 Å². The summed E-state index contributed by atoms with van der Waals surface area (Å²) in [6.45, 7) is 5.32. The summed E-state index contributed by atoms with van der Waals surface area (Å²) in [6.07, 6.45) is 0. The van der Waals surface area contributed by atoms with Gasteiger partial charge in [-0.3, -0.25) is 0 Å². The lowest BCUT2D eigenvalue weighted by Gasteiger charge is -2.21. The molecular weight excluding hydrogens is 176 g/mol. The fourth-order valence-corrected chi connectivity index (χ4v) is 1.07. The molecule has 0 saturated carbocycles. The van der Waals surface area contributed by atoms with Crippen molar-refractivity contribution in [3.63, 3.8) is 0 Å². The van der Waals surface area contributed by atoms with Gasteiger partial charge in [-0.05, 0) is 5.56 Å². The highest BCUT2D eigenvalue weighted by Crippen LogP contribution is 2.14. The standard InChI is InChI=1S/C12H18O2/c1-12(2,9-13)10-14-8-11-6-4-3-5-7-11/h3-7,13H,8-10H2,1-2H3. The van der Waals surface area contributed by atoms with Crippen LogP contribution in [-0.4, -0.2) is 18.3 Å². The summed E-state index contributed by atoms with van der Waals surface area (Å²) in [5.41, 5.74) is 1.02. The van der Waals surface area contributed by atoms with Crippen LogP contribution < -0.4 is 0 Å². The minimum atomic E-state index is -0.144. The third-order valence-corrected chi connectivity index (χ3v) is 2.03. The first-order valence-corrected chi connectivity index (χ1v) is 4.86. The monoisotopic (exact) mass is 194 g/mol. The fraction of sp³-hybridized carbons (Fsp3) is 0.500. The molecule has 0 amide bonds. The second kappa shape index (κ2) is 5.13. The summed E-state index contributed by atoms with van der Waals surface area (Å²) < 4.78 is 5.52. The van der Waals surface area contributed by atoms with Crippen molar-refractivity contribution < 1.29 is 9.84 Å². The molecule has 1 N–H and O–H groups in total. The zero-order valence-electron chi connectivity index (χ0n) is 8.86. The highest BCUT2D eigenvalue weighted by atomic mass is 16.5. The Hall–Kier alpha value is -0.860. The van der Waals surface area contributed by atoms with Crippen LogP contribution in [0.4, 0.5) is 0 Å². The van der Waals surface area contributed by atoms with Crippen LogP contribution in [-0.2, 0) is 11.3 Å². The number of aliphatic hydroxyl groups excluding tert-OH is 1. The minimum Gasteiger partial charge on any atom is -0.396 e. The van der Waals surface area contributed by atoms with E-state index in [-0.39, 0.29) is 12.0 Å². The van der Waals surface area contributed by atoms with Crippen molar-refractivity contribution in [2.45, 2.75) is 20.5 Å². The molecule has 0 aliphatic rings. The second-order valence-corrected chi connectivity index (χ2v) is 4.30. The average molecular weight is 194 g/mol. The van der Waals surface area contributed by atoms with Crippen LogP contribution in [0.1, 0.15) is 19.4 Å². The summed E-state index contributed by atoms with van der Waals surface area (Å²) >= 11 is 0. The van der Waals surface area contributed by atoms with Gasteiger partial charge in [-0.25, -0.2) is 0 Å². The molecule has 0 spiro atoms. The first kappa shape index (κ1) is 11.2. The van der Waals surface area contributed by atoms with E-state index in [0.717, 1.165) is 0 Å². The lowest BCUT2D eigenvalue weighted by molar-refractivity contribution is 0.0198. The maximum absolute atomic E-state index is 9.01. The van der Waals surface area contributed by atoms with Crippen molar-refractivity contribution in [3.8, 4) is 0 Å². The molecule has 1 rings (SSSR count). The number of aliphatic hydroxyl groups is 1. The zero-order valence-corrected chi connectivity index (χ0v) is 8.86. The Balaban J connectivity index is 2.29. The maximum atomic E-state index is 9.01. The molecule has 2 nitrogen and oxygen atoms in total. The third-order valence-electron chi connectivity index (χ3n) is 2.03. The first-order valence-electron chi connectivity index (χ1n) is 4.86. The second-order valence-electron chi connectivity index (χ2n) is 4.30. The summed E-state index contributed by atoms with van der Waals surface area (Å²) in [6, 6.07) is 10.0. The molecule has 78 valence electrons. The molecule has 0 aliphatic carbocycles. The lowest BCUT2D eigenvalue weighted by atomic mass is 9.97. The van der Waals surface area contributed by atoms with Crippen molar-refractivity contribution in [3.05, 3.63) is 35.9 Å². The summed E-state index contributed by atoms with van der Waals surface area (Å²) in [7, 11) is 0. The van der Waals surface area contributed by atoms with E-state index in [1.54, 1.807) is 0 Å². The molecule has 2 heteroatoms. The van der Waals surface area contributed by atoms with E-state index in [0.29, 0.717) is 13.2 Å². The zero-order chi connectivity index (χ0) is 10.4. The van der Waals surface area contributed by atoms with Crippen LogP contribution in [0.2, 0.25) is 0 Å². The van der Waals surface area contributed by atoms with Crippen LogP contribution >= 0.6 is 0 Å². The Morgan fingerprint density at radius 1 is 1.21 bits per heavy atom. The summed E-state index contributed by atoms with van der Waals surface area (Å²) in [5, 5.41) is 9.01. The Labute approximate surface area is 85.5 Å². The van der Waals surface area contributed by atoms with Crippen molar-refractivity contribution in [1.29, 1.82) is 0 Å². The highest BCUT2D eigenvalue weighted by molar-refractivity contribution is 5.13. The van der Waals surface area contributed by atoms with Crippen LogP contribution in [0.5, 0.6) is 0 Å². The highest BCUT2D eigenvalue weighted by Gasteiger charge is 2.16. The first-order chi connectivity index (χ1) is 6.64. The molecule has 0 aliphatic heterocycles. The summed E-state index contributed by atoms with van der Waals surface area (Å²) in [4.78, 5) is 0. The molecule has 1 aromatic carbocycles. The number of hydrogen-bond donors (Lipinski definition) is 1. The topological polar surface area (TPSA) is 29.5 Å². The van der Waals surface area contributed by atoms with E-state index in [1.807, 2.05) is 44.2 Å². The Morgan fingerprint density at radius 3 is 2.43 bits per heavy atom. The normalized spacial score (nSPS) is 11.6. The Bertz CT molecular complexity index is 254. The van der Waals surface area contributed by atoms with Crippen LogP contribution in [0.3, 0.4) is 0 Å². The third kappa shape index (κ3) is 3.90. The Morgan fingerprint density at radius 2 is 1.86 bits per heavy atom. The Kier molecular flexibility index (Phi) is 4.11. The van der Waals surface area contributed by atoms with Gasteiger partial charge >= 0.3 is 0 Å². The molecule has 0 unspecified atom stereocenters. The van der Waals surface area contributed by atoms with Gasteiger partial charge in [0.05, 0.1) is 19.8 Å². The van der Waals surface area contributed by atoms with E-state index in [1.165, 1.54) is 5.56 Å². The number of benzene rings is 1. The van der Waals surface area contributed by atoms with Crippen LogP contribution in [0.15, 0.2) is 30.3 Å². The largest absolute Gasteiger partial charge is 0.396 e. The molecule has 14 heavy (non-hydrogen) atoms. The molecule has 0 saturated heterocycles. The number of ether oxygens (including phenoxy) is 1. The predicted octanol–water partition coefficient (Wildman–Crippen LogP) is 2.22. The lowest BCUT2D eigenvalue weighted by Crippen LogP contribution is -2.23. The van der Waals surface area contributed by atoms with Crippen LogP contribution in [0, 0.1) is 5.41 Å². The van der Waals surface area contributed by atoms with Gasteiger partial charge in [0.25, 0.3) is 0 Å². The molecule has 0 radical (unpaired) electrons. The van der Waals surface area contributed by atoms with E-state index in [4.69, 9.17) is 9.84 Å². The molecule has 1 aromatic rings. The van der Waals surface area contributed by atoms with E-state index in [9.17, 15) is 0 Å². The minimum absolute atomic E-state index is 0.144. The molecular formula is C12H18O2. The molecule has 0 aromatic heterocycles. The van der Waals surface area contributed by atoms with Gasteiger partial charge in [-0.2, -0.15) is 0 Å². The number of rotatable bonds is 5. The maximum Gasteiger partial charge on any atom is 0.0717 e. The van der Waals surface area contributed by atoms with Gasteiger partial charge in [0, 0.05) is 5.41 Å². The van der Waals surface area contributed by atoms with Crippen molar-refractivity contribution in [2.75, 3.05) is 13.2 Å². The van der Waals surface area contributed by atoms with E-state index >= 15 is 0 Å². The molecule has 0 fully saturated rings. The van der Waals surface area contributed by atoms with Crippen molar-refractivity contribution in [2.24, 2.45) is 5.41 Å².